The Balaban J connectivity index is 1.55. The molecule has 3 rings (SSSR count). The SMILES string of the molecule is Cc1cc(C(=O)NC2CCN(CC3CCCO3)CC2)c(=O)n(C)c1C. The molecule has 1 atom stereocenters. The highest BCUT2D eigenvalue weighted by atomic mass is 16.5. The normalized spacial score (nSPS) is 22.3. The highest BCUT2D eigenvalue weighted by Gasteiger charge is 2.25. The second-order valence-corrected chi connectivity index (χ2v) is 7.37. The molecule has 138 valence electrons. The fourth-order valence-corrected chi connectivity index (χ4v) is 3.74. The maximum Gasteiger partial charge on any atom is 0.263 e. The van der Waals surface area contributed by atoms with Crippen molar-refractivity contribution < 1.29 is 9.53 Å². The van der Waals surface area contributed by atoms with E-state index >= 15 is 0 Å². The van der Waals surface area contributed by atoms with Crippen molar-refractivity contribution in [3.63, 3.8) is 0 Å². The first-order chi connectivity index (χ1) is 12.0. The predicted octanol–water partition coefficient (Wildman–Crippen LogP) is 1.38. The van der Waals surface area contributed by atoms with E-state index in [0.717, 1.165) is 56.8 Å². The third-order valence-corrected chi connectivity index (χ3v) is 5.62. The van der Waals surface area contributed by atoms with E-state index in [0.29, 0.717) is 6.10 Å². The first kappa shape index (κ1) is 18.1. The fraction of sp³-hybridized carbons (Fsp3) is 0.684. The van der Waals surface area contributed by atoms with Gasteiger partial charge in [0, 0.05) is 45.0 Å². The zero-order valence-corrected chi connectivity index (χ0v) is 15.5. The van der Waals surface area contributed by atoms with Crippen LogP contribution in [0.15, 0.2) is 10.9 Å². The van der Waals surface area contributed by atoms with Crippen molar-refractivity contribution >= 4 is 5.91 Å². The number of amides is 1. The number of hydrogen-bond donors (Lipinski definition) is 1. The van der Waals surface area contributed by atoms with Gasteiger partial charge in [0.2, 0.25) is 0 Å². The van der Waals surface area contributed by atoms with Gasteiger partial charge in [0.15, 0.2) is 0 Å². The minimum absolute atomic E-state index is 0.138. The Morgan fingerprint density at radius 1 is 1.28 bits per heavy atom. The lowest BCUT2D eigenvalue weighted by Crippen LogP contribution is -2.47. The molecule has 0 bridgehead atoms. The number of aromatic nitrogens is 1. The molecule has 0 aliphatic carbocycles. The number of rotatable bonds is 4. The third kappa shape index (κ3) is 4.12. The largest absolute Gasteiger partial charge is 0.377 e. The lowest BCUT2D eigenvalue weighted by atomic mass is 10.0. The van der Waals surface area contributed by atoms with Gasteiger partial charge in [0.1, 0.15) is 5.56 Å². The summed E-state index contributed by atoms with van der Waals surface area (Å²) in [5, 5.41) is 3.05. The average Bonchev–Trinajstić information content (AvgIpc) is 3.11. The molecular formula is C19H29N3O3. The maximum atomic E-state index is 12.6. The van der Waals surface area contributed by atoms with Crippen LogP contribution in [0.2, 0.25) is 0 Å². The fourth-order valence-electron chi connectivity index (χ4n) is 3.74. The molecule has 0 radical (unpaired) electrons. The van der Waals surface area contributed by atoms with Gasteiger partial charge in [0.25, 0.3) is 11.5 Å². The molecule has 2 aliphatic rings. The molecule has 0 spiro atoms. The number of hydrogen-bond acceptors (Lipinski definition) is 4. The van der Waals surface area contributed by atoms with Crippen molar-refractivity contribution in [2.45, 2.75) is 51.7 Å². The van der Waals surface area contributed by atoms with E-state index in [1.165, 1.54) is 6.42 Å². The van der Waals surface area contributed by atoms with Crippen LogP contribution in [0.1, 0.15) is 47.3 Å². The summed E-state index contributed by atoms with van der Waals surface area (Å²) in [4.78, 5) is 27.3. The summed E-state index contributed by atoms with van der Waals surface area (Å²) in [7, 11) is 1.71. The van der Waals surface area contributed by atoms with Gasteiger partial charge in [-0.05, 0) is 51.2 Å². The molecule has 2 saturated heterocycles. The summed E-state index contributed by atoms with van der Waals surface area (Å²) >= 11 is 0. The van der Waals surface area contributed by atoms with Crippen molar-refractivity contribution in [3.8, 4) is 0 Å². The second-order valence-electron chi connectivity index (χ2n) is 7.37. The molecule has 0 aromatic carbocycles. The van der Waals surface area contributed by atoms with Crippen LogP contribution in [0.4, 0.5) is 0 Å². The van der Waals surface area contributed by atoms with E-state index < -0.39 is 0 Å². The Morgan fingerprint density at radius 2 is 2.00 bits per heavy atom. The van der Waals surface area contributed by atoms with Crippen LogP contribution in [-0.2, 0) is 11.8 Å². The van der Waals surface area contributed by atoms with E-state index in [-0.39, 0.29) is 23.1 Å². The molecule has 1 aromatic heterocycles. The Morgan fingerprint density at radius 3 is 2.64 bits per heavy atom. The summed E-state index contributed by atoms with van der Waals surface area (Å²) in [6, 6.07) is 1.85. The minimum Gasteiger partial charge on any atom is -0.377 e. The van der Waals surface area contributed by atoms with E-state index in [4.69, 9.17) is 4.74 Å². The molecule has 2 fully saturated rings. The zero-order chi connectivity index (χ0) is 18.0. The number of nitrogens with zero attached hydrogens (tertiary/aromatic N) is 2. The Kier molecular flexibility index (Phi) is 5.59. The van der Waals surface area contributed by atoms with Gasteiger partial charge in [-0.25, -0.2) is 0 Å². The van der Waals surface area contributed by atoms with E-state index in [1.54, 1.807) is 17.7 Å². The first-order valence-electron chi connectivity index (χ1n) is 9.27. The monoisotopic (exact) mass is 347 g/mol. The minimum atomic E-state index is -0.249. The van der Waals surface area contributed by atoms with Crippen LogP contribution in [-0.4, -0.2) is 53.8 Å². The number of piperidine rings is 1. The Hall–Kier alpha value is -1.66. The molecule has 3 heterocycles. The molecule has 1 unspecified atom stereocenters. The van der Waals surface area contributed by atoms with Gasteiger partial charge >= 0.3 is 0 Å². The van der Waals surface area contributed by atoms with Gasteiger partial charge in [-0.15, -0.1) is 0 Å². The first-order valence-corrected chi connectivity index (χ1v) is 9.27. The number of nitrogens with one attached hydrogen (secondary N) is 1. The zero-order valence-electron chi connectivity index (χ0n) is 15.5. The topological polar surface area (TPSA) is 63.6 Å². The molecule has 6 heteroatoms. The Bertz CT molecular complexity index is 684. The van der Waals surface area contributed by atoms with Crippen LogP contribution in [0.25, 0.3) is 0 Å². The molecular weight excluding hydrogens is 318 g/mol. The molecule has 1 amide bonds. The summed E-state index contributed by atoms with van der Waals surface area (Å²) in [5.41, 5.74) is 1.87. The molecule has 6 nitrogen and oxygen atoms in total. The molecule has 2 aliphatic heterocycles. The number of pyridine rings is 1. The van der Waals surface area contributed by atoms with Crippen molar-refractivity contribution in [3.05, 3.63) is 33.2 Å². The lowest BCUT2D eigenvalue weighted by molar-refractivity contribution is 0.0612. The van der Waals surface area contributed by atoms with Crippen molar-refractivity contribution in [2.24, 2.45) is 7.05 Å². The number of likely N-dealkylation sites (tertiary alicyclic amines) is 1. The number of carbonyl (C=O) groups is 1. The third-order valence-electron chi connectivity index (χ3n) is 5.62. The van der Waals surface area contributed by atoms with E-state index in [9.17, 15) is 9.59 Å². The smallest absolute Gasteiger partial charge is 0.263 e. The molecule has 1 aromatic rings. The molecule has 25 heavy (non-hydrogen) atoms. The lowest BCUT2D eigenvalue weighted by Gasteiger charge is -2.33. The van der Waals surface area contributed by atoms with Crippen LogP contribution >= 0.6 is 0 Å². The molecule has 0 saturated carbocycles. The number of aryl methyl sites for hydroxylation is 1. The van der Waals surface area contributed by atoms with Gasteiger partial charge in [-0.3, -0.25) is 9.59 Å². The predicted molar refractivity (Wildman–Crippen MR) is 97.1 cm³/mol. The van der Waals surface area contributed by atoms with Gasteiger partial charge in [0.05, 0.1) is 6.10 Å². The maximum absolute atomic E-state index is 12.6. The summed E-state index contributed by atoms with van der Waals surface area (Å²) in [5.74, 6) is -0.249. The van der Waals surface area contributed by atoms with Gasteiger partial charge in [-0.2, -0.15) is 0 Å². The van der Waals surface area contributed by atoms with Gasteiger partial charge in [-0.1, -0.05) is 0 Å². The van der Waals surface area contributed by atoms with Crippen LogP contribution in [0.5, 0.6) is 0 Å². The Labute approximate surface area is 149 Å². The summed E-state index contributed by atoms with van der Waals surface area (Å²) in [6.45, 7) is 7.64. The van der Waals surface area contributed by atoms with Crippen molar-refractivity contribution in [2.75, 3.05) is 26.2 Å². The summed E-state index contributed by atoms with van der Waals surface area (Å²) < 4.78 is 7.25. The van der Waals surface area contributed by atoms with Crippen LogP contribution < -0.4 is 10.9 Å². The van der Waals surface area contributed by atoms with E-state index in [1.807, 2.05) is 13.8 Å². The van der Waals surface area contributed by atoms with Gasteiger partial charge < -0.3 is 19.5 Å². The standard InChI is InChI=1S/C19H29N3O3/c1-13-11-17(19(24)21(3)14(13)2)18(23)20-15-6-8-22(9-7-15)12-16-5-4-10-25-16/h11,15-16H,4-10,12H2,1-3H3,(H,20,23). The number of carbonyl (C=O) groups excluding carboxylic acids is 1. The van der Waals surface area contributed by atoms with Crippen LogP contribution in [0, 0.1) is 13.8 Å². The average molecular weight is 347 g/mol. The highest BCUT2D eigenvalue weighted by Crippen LogP contribution is 2.17. The number of ether oxygens (including phenoxy) is 1. The van der Waals surface area contributed by atoms with Crippen LogP contribution in [0.3, 0.4) is 0 Å². The summed E-state index contributed by atoms with van der Waals surface area (Å²) in [6.07, 6.45) is 4.55. The van der Waals surface area contributed by atoms with E-state index in [2.05, 4.69) is 10.2 Å². The van der Waals surface area contributed by atoms with Crippen molar-refractivity contribution in [1.82, 2.24) is 14.8 Å². The molecule has 1 N–H and O–H groups in total. The van der Waals surface area contributed by atoms with Crippen molar-refractivity contribution in [1.29, 1.82) is 0 Å². The quantitative estimate of drug-likeness (QED) is 0.894. The second kappa shape index (κ2) is 7.70. The highest BCUT2D eigenvalue weighted by molar-refractivity contribution is 5.94.